The fourth-order valence-electron chi connectivity index (χ4n) is 4.06. The second kappa shape index (κ2) is 8.39. The van der Waals surface area contributed by atoms with E-state index in [1.54, 1.807) is 18.3 Å². The Morgan fingerprint density at radius 3 is 2.77 bits per heavy atom. The number of fused-ring (bicyclic) bond motifs is 1. The third-order valence-corrected chi connectivity index (χ3v) is 7.08. The first-order chi connectivity index (χ1) is 14.8. The van der Waals surface area contributed by atoms with Gasteiger partial charge in [0.05, 0.1) is 0 Å². The van der Waals surface area contributed by atoms with Crippen LogP contribution in [0.15, 0.2) is 35.7 Å². The summed E-state index contributed by atoms with van der Waals surface area (Å²) in [5.74, 6) is -1.36. The van der Waals surface area contributed by atoms with Gasteiger partial charge in [0.25, 0.3) is 5.91 Å². The van der Waals surface area contributed by atoms with Gasteiger partial charge in [-0.25, -0.2) is 9.18 Å². The Bertz CT molecular complexity index is 1010. The van der Waals surface area contributed by atoms with Gasteiger partial charge in [-0.15, -0.1) is 11.3 Å². The van der Waals surface area contributed by atoms with Gasteiger partial charge in [-0.2, -0.15) is 0 Å². The topological polar surface area (TPSA) is 81.8 Å². The number of carbonyl (C=O) groups is 3. The molecule has 2 N–H and O–H groups in total. The summed E-state index contributed by atoms with van der Waals surface area (Å²) in [5.41, 5.74) is 0.472. The summed E-state index contributed by atoms with van der Waals surface area (Å²) in [6.07, 6.45) is 1.01. The number of nitrogens with one attached hydrogen (secondary N) is 2. The van der Waals surface area contributed by atoms with Crippen molar-refractivity contribution in [1.29, 1.82) is 0 Å². The Kier molecular flexibility index (Phi) is 5.81. The van der Waals surface area contributed by atoms with Crippen LogP contribution in [0.25, 0.3) is 0 Å². The van der Waals surface area contributed by atoms with E-state index in [4.69, 9.17) is 0 Å². The minimum Gasteiger partial charge on any atom is -0.353 e. The highest BCUT2D eigenvalue weighted by atomic mass is 32.1. The Labute approximate surface area is 184 Å². The molecule has 2 aliphatic heterocycles. The second-order valence-electron chi connectivity index (χ2n) is 8.20. The van der Waals surface area contributed by atoms with Crippen LogP contribution in [0.3, 0.4) is 0 Å². The minimum atomic E-state index is -1.33. The minimum absolute atomic E-state index is 0.129. The molecular formula is C22H25FN4O3S. The number of thiophene rings is 1. The molecule has 0 spiro atoms. The normalized spacial score (nSPS) is 22.2. The van der Waals surface area contributed by atoms with Gasteiger partial charge < -0.3 is 10.6 Å². The standard InChI is InChI=1S/C22H25FN4O3S/c1-14(26-9-7-18-15(12-26)8-10-31-18)11-24-19(28)13-27-20(29)22(2,25-21(27)30)16-3-5-17(23)6-4-16/h3-6,8,10,14H,7,9,11-13H2,1-2H3,(H,24,28)(H,25,30)/t14-,22-/m0/s1. The lowest BCUT2D eigenvalue weighted by Gasteiger charge is -2.32. The van der Waals surface area contributed by atoms with Crippen molar-refractivity contribution in [3.63, 3.8) is 0 Å². The molecule has 1 aromatic carbocycles. The van der Waals surface area contributed by atoms with Crippen LogP contribution < -0.4 is 10.6 Å². The summed E-state index contributed by atoms with van der Waals surface area (Å²) < 4.78 is 13.2. The number of carbonyl (C=O) groups excluding carboxylic acids is 3. The van der Waals surface area contributed by atoms with Gasteiger partial charge in [-0.05, 0) is 55.0 Å². The van der Waals surface area contributed by atoms with E-state index in [0.717, 1.165) is 24.4 Å². The fourth-order valence-corrected chi connectivity index (χ4v) is 4.95. The first kappa shape index (κ1) is 21.5. The average molecular weight is 445 g/mol. The molecule has 4 rings (SSSR count). The largest absolute Gasteiger partial charge is 0.353 e. The van der Waals surface area contributed by atoms with Crippen LogP contribution in [0.4, 0.5) is 9.18 Å². The number of hydrogen-bond acceptors (Lipinski definition) is 5. The maximum atomic E-state index is 13.2. The molecule has 1 saturated heterocycles. The molecule has 1 aromatic heterocycles. The van der Waals surface area contributed by atoms with E-state index in [1.807, 2.05) is 0 Å². The van der Waals surface area contributed by atoms with Crippen molar-refractivity contribution in [2.75, 3.05) is 19.6 Å². The van der Waals surface area contributed by atoms with Crippen molar-refractivity contribution in [1.82, 2.24) is 20.4 Å². The molecule has 0 saturated carbocycles. The zero-order valence-electron chi connectivity index (χ0n) is 17.5. The van der Waals surface area contributed by atoms with Crippen molar-refractivity contribution in [3.8, 4) is 0 Å². The molecule has 2 atom stereocenters. The summed E-state index contributed by atoms with van der Waals surface area (Å²) >= 11 is 1.78. The van der Waals surface area contributed by atoms with Gasteiger partial charge in [-0.3, -0.25) is 19.4 Å². The monoisotopic (exact) mass is 444 g/mol. The third-order valence-electron chi connectivity index (χ3n) is 6.05. The number of urea groups is 1. The van der Waals surface area contributed by atoms with Crippen molar-refractivity contribution in [3.05, 3.63) is 57.5 Å². The van der Waals surface area contributed by atoms with E-state index in [1.165, 1.54) is 34.7 Å². The van der Waals surface area contributed by atoms with Crippen LogP contribution in [0.2, 0.25) is 0 Å². The van der Waals surface area contributed by atoms with Crippen LogP contribution in [-0.4, -0.2) is 53.3 Å². The van der Waals surface area contributed by atoms with Gasteiger partial charge in [0, 0.05) is 30.6 Å². The summed E-state index contributed by atoms with van der Waals surface area (Å²) in [6.45, 7) is 5.47. The zero-order chi connectivity index (χ0) is 22.2. The van der Waals surface area contributed by atoms with Crippen molar-refractivity contribution >= 4 is 29.2 Å². The third kappa shape index (κ3) is 4.20. The van der Waals surface area contributed by atoms with E-state index < -0.39 is 29.2 Å². The lowest BCUT2D eigenvalue weighted by molar-refractivity contribution is -0.134. The summed E-state index contributed by atoms with van der Waals surface area (Å²) in [4.78, 5) is 42.4. The Hall–Kier alpha value is -2.78. The van der Waals surface area contributed by atoms with E-state index in [9.17, 15) is 18.8 Å². The summed E-state index contributed by atoms with van der Waals surface area (Å²) in [6, 6.07) is 7.01. The van der Waals surface area contributed by atoms with Gasteiger partial charge in [-0.1, -0.05) is 12.1 Å². The molecule has 4 amide bonds. The number of nitrogens with zero attached hydrogens (tertiary/aromatic N) is 2. The number of imide groups is 1. The first-order valence-electron chi connectivity index (χ1n) is 10.2. The summed E-state index contributed by atoms with van der Waals surface area (Å²) in [5, 5.41) is 7.57. The molecule has 2 aromatic rings. The van der Waals surface area contributed by atoms with Gasteiger partial charge in [0.1, 0.15) is 17.9 Å². The molecule has 9 heteroatoms. The van der Waals surface area contributed by atoms with Crippen LogP contribution in [0.5, 0.6) is 0 Å². The highest BCUT2D eigenvalue weighted by Gasteiger charge is 2.49. The fraction of sp³-hybridized carbons (Fsp3) is 0.409. The lowest BCUT2D eigenvalue weighted by Crippen LogP contribution is -2.47. The molecule has 7 nitrogen and oxygen atoms in total. The number of hydrogen-bond donors (Lipinski definition) is 2. The Morgan fingerprint density at radius 1 is 1.29 bits per heavy atom. The molecule has 164 valence electrons. The summed E-state index contributed by atoms with van der Waals surface area (Å²) in [7, 11) is 0. The van der Waals surface area contributed by atoms with Gasteiger partial charge >= 0.3 is 6.03 Å². The van der Waals surface area contributed by atoms with Gasteiger partial charge in [0.2, 0.25) is 5.91 Å². The number of amides is 4. The molecule has 0 aliphatic carbocycles. The molecular weight excluding hydrogens is 419 g/mol. The molecule has 31 heavy (non-hydrogen) atoms. The van der Waals surface area contributed by atoms with Crippen molar-refractivity contribution in [2.45, 2.75) is 38.4 Å². The molecule has 0 radical (unpaired) electrons. The Morgan fingerprint density at radius 2 is 2.03 bits per heavy atom. The van der Waals surface area contributed by atoms with Crippen LogP contribution >= 0.6 is 11.3 Å². The van der Waals surface area contributed by atoms with E-state index >= 15 is 0 Å². The maximum Gasteiger partial charge on any atom is 0.325 e. The molecule has 1 fully saturated rings. The highest BCUT2D eigenvalue weighted by Crippen LogP contribution is 2.29. The predicted molar refractivity (Wildman–Crippen MR) is 115 cm³/mol. The van der Waals surface area contributed by atoms with E-state index in [0.29, 0.717) is 12.1 Å². The van der Waals surface area contributed by atoms with Crippen molar-refractivity contribution < 1.29 is 18.8 Å². The number of halogens is 1. The number of rotatable bonds is 6. The Balaban J connectivity index is 1.32. The first-order valence-corrected chi connectivity index (χ1v) is 11.1. The molecule has 0 bridgehead atoms. The van der Waals surface area contributed by atoms with Crippen LogP contribution in [-0.2, 0) is 28.1 Å². The number of benzene rings is 1. The van der Waals surface area contributed by atoms with Gasteiger partial charge in [0.15, 0.2) is 0 Å². The SMILES string of the molecule is C[C@@H](CNC(=O)CN1C(=O)N[C@@](C)(c2ccc(F)cc2)C1=O)N1CCc2sccc2C1. The maximum absolute atomic E-state index is 13.2. The smallest absolute Gasteiger partial charge is 0.325 e. The van der Waals surface area contributed by atoms with Crippen LogP contribution in [0, 0.1) is 5.82 Å². The average Bonchev–Trinajstić information content (AvgIpc) is 3.30. The quantitative estimate of drug-likeness (QED) is 0.670. The molecule has 2 aliphatic rings. The van der Waals surface area contributed by atoms with E-state index in [-0.39, 0.29) is 12.6 Å². The van der Waals surface area contributed by atoms with E-state index in [2.05, 4.69) is 33.9 Å². The second-order valence-corrected chi connectivity index (χ2v) is 9.20. The molecule has 0 unspecified atom stereocenters. The highest BCUT2D eigenvalue weighted by molar-refractivity contribution is 7.10. The lowest BCUT2D eigenvalue weighted by atomic mass is 9.92. The molecule has 3 heterocycles. The van der Waals surface area contributed by atoms with Crippen LogP contribution in [0.1, 0.15) is 29.9 Å². The predicted octanol–water partition coefficient (Wildman–Crippen LogP) is 2.22. The zero-order valence-corrected chi connectivity index (χ0v) is 18.3. The van der Waals surface area contributed by atoms with Crippen molar-refractivity contribution in [2.24, 2.45) is 0 Å².